The van der Waals surface area contributed by atoms with Crippen molar-refractivity contribution in [2.24, 2.45) is 4.99 Å². The van der Waals surface area contributed by atoms with Gasteiger partial charge in [0, 0.05) is 25.2 Å². The molecule has 0 saturated heterocycles. The fourth-order valence-electron chi connectivity index (χ4n) is 3.27. The summed E-state index contributed by atoms with van der Waals surface area (Å²) >= 11 is 0. The van der Waals surface area contributed by atoms with Crippen molar-refractivity contribution in [3.63, 3.8) is 0 Å². The summed E-state index contributed by atoms with van der Waals surface area (Å²) < 4.78 is 13.3. The smallest absolute Gasteiger partial charge is 0.191 e. The van der Waals surface area contributed by atoms with E-state index in [-0.39, 0.29) is 29.4 Å². The van der Waals surface area contributed by atoms with Crippen molar-refractivity contribution in [2.45, 2.75) is 25.8 Å². The number of nitrogens with zero attached hydrogens (tertiary/aromatic N) is 4. The van der Waals surface area contributed by atoms with Crippen LogP contribution in [0.2, 0.25) is 0 Å². The molecule has 0 radical (unpaired) electrons. The number of hydrogen-bond donors (Lipinski definition) is 2. The molecule has 30 heavy (non-hydrogen) atoms. The third kappa shape index (κ3) is 4.77. The van der Waals surface area contributed by atoms with E-state index < -0.39 is 0 Å². The minimum atomic E-state index is -0.130. The third-order valence-electron chi connectivity index (χ3n) is 5.04. The molecule has 1 aliphatic heterocycles. The molecule has 0 unspecified atom stereocenters. The van der Waals surface area contributed by atoms with Gasteiger partial charge in [0.25, 0.3) is 0 Å². The number of halogens is 1. The van der Waals surface area contributed by atoms with E-state index in [0.717, 1.165) is 23.0 Å². The number of ether oxygens (including phenoxy) is 2. The van der Waals surface area contributed by atoms with Gasteiger partial charge in [-0.05, 0) is 29.8 Å². The number of benzene rings is 1. The normalized spacial score (nSPS) is 13.6. The molecule has 0 amide bonds. The lowest BCUT2D eigenvalue weighted by atomic mass is 9.84. The molecule has 1 aromatic carbocycles. The number of aromatic nitrogens is 3. The van der Waals surface area contributed by atoms with Gasteiger partial charge in [0.05, 0.1) is 6.54 Å². The van der Waals surface area contributed by atoms with Crippen LogP contribution in [-0.4, -0.2) is 47.4 Å². The van der Waals surface area contributed by atoms with Crippen molar-refractivity contribution in [1.82, 2.24) is 25.2 Å². The maximum absolute atomic E-state index is 5.72. The van der Waals surface area contributed by atoms with Crippen LogP contribution in [0.15, 0.2) is 47.6 Å². The van der Waals surface area contributed by atoms with Crippen molar-refractivity contribution >= 4 is 35.6 Å². The molecule has 0 spiro atoms. The summed E-state index contributed by atoms with van der Waals surface area (Å²) in [6.07, 6.45) is 1.95. The summed E-state index contributed by atoms with van der Waals surface area (Å²) in [4.78, 5) is 4.33. The van der Waals surface area contributed by atoms with Crippen LogP contribution < -0.4 is 20.1 Å². The Morgan fingerprint density at radius 2 is 1.90 bits per heavy atom. The highest BCUT2D eigenvalue weighted by Gasteiger charge is 2.24. The molecule has 0 fully saturated rings. The number of aliphatic imine (C=N–C) groups is 1. The molecular formula is C21H27IN6O2. The van der Waals surface area contributed by atoms with Crippen LogP contribution in [0.4, 0.5) is 0 Å². The van der Waals surface area contributed by atoms with Crippen LogP contribution in [0.5, 0.6) is 11.5 Å². The van der Waals surface area contributed by atoms with Gasteiger partial charge in [-0.25, -0.2) is 0 Å². The van der Waals surface area contributed by atoms with Crippen molar-refractivity contribution in [1.29, 1.82) is 0 Å². The average Bonchev–Trinajstić information content (AvgIpc) is 3.16. The Kier molecular flexibility index (Phi) is 7.01. The molecule has 1 aliphatic rings. The average molecular weight is 522 g/mol. The number of guanidine groups is 1. The van der Waals surface area contributed by atoms with Crippen molar-refractivity contribution in [3.8, 4) is 11.5 Å². The number of pyridine rings is 1. The molecule has 0 saturated carbocycles. The zero-order valence-electron chi connectivity index (χ0n) is 17.4. The van der Waals surface area contributed by atoms with Crippen LogP contribution in [0.1, 0.15) is 25.2 Å². The summed E-state index contributed by atoms with van der Waals surface area (Å²) in [7, 11) is 1.76. The van der Waals surface area contributed by atoms with Crippen LogP contribution in [0.3, 0.4) is 0 Å². The number of rotatable bonds is 5. The van der Waals surface area contributed by atoms with Gasteiger partial charge in [-0.15, -0.1) is 34.2 Å². The molecule has 9 heteroatoms. The lowest BCUT2D eigenvalue weighted by Gasteiger charge is -2.28. The van der Waals surface area contributed by atoms with E-state index in [2.05, 4.69) is 51.8 Å². The van der Waals surface area contributed by atoms with Crippen molar-refractivity contribution in [3.05, 3.63) is 54.0 Å². The Morgan fingerprint density at radius 1 is 1.10 bits per heavy atom. The molecule has 0 atom stereocenters. The molecule has 4 rings (SSSR count). The first kappa shape index (κ1) is 22.1. The van der Waals surface area contributed by atoms with Gasteiger partial charge >= 0.3 is 0 Å². The lowest BCUT2D eigenvalue weighted by Crippen LogP contribution is -2.43. The van der Waals surface area contributed by atoms with E-state index in [1.807, 2.05) is 34.9 Å². The van der Waals surface area contributed by atoms with Crippen LogP contribution in [0.25, 0.3) is 5.65 Å². The Balaban J connectivity index is 0.00000256. The summed E-state index contributed by atoms with van der Waals surface area (Å²) in [6.45, 7) is 6.78. The van der Waals surface area contributed by atoms with Crippen molar-refractivity contribution < 1.29 is 9.47 Å². The minimum absolute atomic E-state index is 0. The van der Waals surface area contributed by atoms with Crippen molar-refractivity contribution in [2.75, 3.05) is 26.8 Å². The van der Waals surface area contributed by atoms with Crippen LogP contribution in [0, 0.1) is 0 Å². The third-order valence-corrected chi connectivity index (χ3v) is 5.04. The molecule has 2 N–H and O–H groups in total. The maximum atomic E-state index is 5.72. The summed E-state index contributed by atoms with van der Waals surface area (Å²) in [5.41, 5.74) is 1.87. The predicted molar refractivity (Wildman–Crippen MR) is 127 cm³/mol. The first-order valence-corrected chi connectivity index (χ1v) is 9.70. The van der Waals surface area contributed by atoms with E-state index in [1.54, 1.807) is 7.05 Å². The molecule has 3 aromatic rings. The van der Waals surface area contributed by atoms with E-state index in [4.69, 9.17) is 9.47 Å². The monoisotopic (exact) mass is 522 g/mol. The second-order valence-corrected chi connectivity index (χ2v) is 7.57. The molecule has 2 aromatic heterocycles. The van der Waals surface area contributed by atoms with Gasteiger partial charge in [-0.2, -0.15) is 0 Å². The van der Waals surface area contributed by atoms with E-state index in [1.165, 1.54) is 5.56 Å². The SMILES string of the molecule is CN=C(NCc1nnc2ccccn12)NCC(C)(C)c1ccc2c(c1)OCCO2.I. The molecule has 8 nitrogen and oxygen atoms in total. The Labute approximate surface area is 193 Å². The zero-order valence-corrected chi connectivity index (χ0v) is 19.7. The second-order valence-electron chi connectivity index (χ2n) is 7.57. The standard InChI is InChI=1S/C21H26N6O2.HI/c1-21(2,15-7-8-16-17(12-15)29-11-10-28-16)14-24-20(22-3)23-13-19-26-25-18-6-4-5-9-27(18)19;/h4-9,12H,10-11,13-14H2,1-3H3,(H2,22,23,24);1H. The maximum Gasteiger partial charge on any atom is 0.191 e. The first-order valence-electron chi connectivity index (χ1n) is 9.70. The molecule has 3 heterocycles. The second kappa shape index (κ2) is 9.50. The van der Waals surface area contributed by atoms with Gasteiger partial charge in [0.2, 0.25) is 0 Å². The topological polar surface area (TPSA) is 85.1 Å². The highest BCUT2D eigenvalue weighted by Crippen LogP contribution is 2.34. The number of hydrogen-bond acceptors (Lipinski definition) is 5. The Bertz CT molecular complexity index is 1030. The van der Waals surface area contributed by atoms with Gasteiger partial charge in [0.1, 0.15) is 13.2 Å². The fraction of sp³-hybridized carbons (Fsp3) is 0.381. The zero-order chi connectivity index (χ0) is 20.3. The van der Waals surface area contributed by atoms with Crippen LogP contribution >= 0.6 is 24.0 Å². The van der Waals surface area contributed by atoms with Gasteiger partial charge in [-0.1, -0.05) is 26.0 Å². The fourth-order valence-corrected chi connectivity index (χ4v) is 3.27. The Morgan fingerprint density at radius 3 is 2.70 bits per heavy atom. The predicted octanol–water partition coefficient (Wildman–Crippen LogP) is 2.76. The largest absolute Gasteiger partial charge is 0.486 e. The summed E-state index contributed by atoms with van der Waals surface area (Å²) in [6, 6.07) is 12.0. The number of fused-ring (bicyclic) bond motifs is 2. The molecular weight excluding hydrogens is 495 g/mol. The van der Waals surface area contributed by atoms with E-state index in [9.17, 15) is 0 Å². The molecule has 0 aliphatic carbocycles. The van der Waals surface area contributed by atoms with Crippen LogP contribution in [-0.2, 0) is 12.0 Å². The quantitative estimate of drug-likeness (QED) is 0.305. The van der Waals surface area contributed by atoms with Gasteiger partial charge in [-0.3, -0.25) is 9.39 Å². The summed E-state index contributed by atoms with van der Waals surface area (Å²) in [5.74, 6) is 3.16. The molecule has 160 valence electrons. The van der Waals surface area contributed by atoms with Gasteiger partial charge < -0.3 is 20.1 Å². The highest BCUT2D eigenvalue weighted by molar-refractivity contribution is 14.0. The van der Waals surface area contributed by atoms with E-state index >= 15 is 0 Å². The Hall–Kier alpha value is -2.56. The minimum Gasteiger partial charge on any atom is -0.486 e. The number of nitrogens with one attached hydrogen (secondary N) is 2. The first-order chi connectivity index (χ1) is 14.1. The lowest BCUT2D eigenvalue weighted by molar-refractivity contribution is 0.171. The van der Waals surface area contributed by atoms with E-state index in [0.29, 0.717) is 32.3 Å². The summed E-state index contributed by atoms with van der Waals surface area (Å²) in [5, 5.41) is 15.1. The van der Waals surface area contributed by atoms with Gasteiger partial charge in [0.15, 0.2) is 28.9 Å². The highest BCUT2D eigenvalue weighted by atomic mass is 127. The molecule has 0 bridgehead atoms.